The van der Waals surface area contributed by atoms with E-state index in [0.717, 1.165) is 61.5 Å². The maximum Gasteiger partial charge on any atom is 0.251 e. The number of rotatable bonds is 7. The van der Waals surface area contributed by atoms with Crippen molar-refractivity contribution in [2.24, 2.45) is 29.1 Å². The lowest BCUT2D eigenvalue weighted by atomic mass is 9.49. The molecule has 32 heavy (non-hydrogen) atoms. The van der Waals surface area contributed by atoms with Crippen molar-refractivity contribution >= 4 is 11.8 Å². The van der Waals surface area contributed by atoms with E-state index in [4.69, 9.17) is 0 Å². The Bertz CT molecular complexity index is 791. The first kappa shape index (κ1) is 21.9. The van der Waals surface area contributed by atoms with Crippen LogP contribution in [0, 0.1) is 29.1 Å². The molecule has 0 atom stereocenters. The van der Waals surface area contributed by atoms with Crippen LogP contribution >= 0.6 is 0 Å². The molecule has 1 aromatic rings. The van der Waals surface area contributed by atoms with Crippen LogP contribution in [-0.4, -0.2) is 43.4 Å². The van der Waals surface area contributed by atoms with Gasteiger partial charge in [-0.05, 0) is 119 Å². The average molecular weight is 438 g/mol. The van der Waals surface area contributed by atoms with Gasteiger partial charge in [-0.2, -0.15) is 0 Å². The Balaban J connectivity index is 1.07. The minimum absolute atomic E-state index is 0.00193. The Labute approximate surface area is 192 Å². The van der Waals surface area contributed by atoms with E-state index < -0.39 is 0 Å². The van der Waals surface area contributed by atoms with Gasteiger partial charge in [0.05, 0.1) is 0 Å². The highest BCUT2D eigenvalue weighted by Gasteiger charge is 2.54. The van der Waals surface area contributed by atoms with Crippen LogP contribution in [0.4, 0.5) is 0 Å². The van der Waals surface area contributed by atoms with Gasteiger partial charge in [-0.25, -0.2) is 0 Å². The van der Waals surface area contributed by atoms with Crippen molar-refractivity contribution in [3.8, 4) is 0 Å². The highest BCUT2D eigenvalue weighted by Crippen LogP contribution is 2.60. The number of nitrogens with one attached hydrogen (secondary N) is 2. The Morgan fingerprint density at radius 2 is 1.53 bits per heavy atom. The van der Waals surface area contributed by atoms with Gasteiger partial charge < -0.3 is 15.5 Å². The smallest absolute Gasteiger partial charge is 0.251 e. The fourth-order valence-electron chi connectivity index (χ4n) is 7.38. The molecular formula is C27H39N3O2. The maximum atomic E-state index is 13.1. The third-order valence-corrected chi connectivity index (χ3v) is 8.87. The third kappa shape index (κ3) is 4.73. The second-order valence-corrected chi connectivity index (χ2v) is 11.4. The Hall–Kier alpha value is -1.88. The van der Waals surface area contributed by atoms with E-state index in [-0.39, 0.29) is 17.2 Å². The van der Waals surface area contributed by atoms with Crippen LogP contribution in [0.3, 0.4) is 0 Å². The molecule has 1 heterocycles. The summed E-state index contributed by atoms with van der Waals surface area (Å²) in [5, 5.41) is 6.31. The molecule has 5 nitrogen and oxygen atoms in total. The number of carbonyl (C=O) groups is 2. The number of amides is 2. The molecule has 2 N–H and O–H groups in total. The van der Waals surface area contributed by atoms with E-state index in [1.54, 1.807) is 0 Å². The summed E-state index contributed by atoms with van der Waals surface area (Å²) >= 11 is 0. The van der Waals surface area contributed by atoms with Crippen LogP contribution < -0.4 is 10.6 Å². The summed E-state index contributed by atoms with van der Waals surface area (Å²) in [7, 11) is 2.18. The molecule has 1 saturated heterocycles. The van der Waals surface area contributed by atoms with Gasteiger partial charge >= 0.3 is 0 Å². The molecule has 4 aliphatic carbocycles. The van der Waals surface area contributed by atoms with Crippen molar-refractivity contribution in [2.75, 3.05) is 26.7 Å². The van der Waals surface area contributed by atoms with Crippen molar-refractivity contribution in [2.45, 2.75) is 64.3 Å². The first-order chi connectivity index (χ1) is 15.5. The second-order valence-electron chi connectivity index (χ2n) is 11.4. The van der Waals surface area contributed by atoms with Crippen LogP contribution in [0.15, 0.2) is 24.3 Å². The second kappa shape index (κ2) is 9.17. The molecular weight excluding hydrogens is 398 g/mol. The van der Waals surface area contributed by atoms with E-state index in [1.165, 1.54) is 45.2 Å². The minimum Gasteiger partial charge on any atom is -0.352 e. The number of likely N-dealkylation sites (tertiary alicyclic amines) is 1. The van der Waals surface area contributed by atoms with Crippen molar-refractivity contribution in [3.05, 3.63) is 35.4 Å². The zero-order valence-corrected chi connectivity index (χ0v) is 19.6. The van der Waals surface area contributed by atoms with Gasteiger partial charge in [0.1, 0.15) is 0 Å². The molecule has 1 aliphatic heterocycles. The Morgan fingerprint density at radius 3 is 2.12 bits per heavy atom. The SMILES string of the molecule is CN1CCC(CCNC(=O)c2ccc(CNC(=O)C34CC5CC(CC(C5)C3)C4)cc2)CC1. The maximum absolute atomic E-state index is 13.1. The van der Waals surface area contributed by atoms with Crippen LogP contribution in [-0.2, 0) is 11.3 Å². The number of hydrogen-bond donors (Lipinski definition) is 2. The van der Waals surface area contributed by atoms with E-state index in [9.17, 15) is 9.59 Å². The Kier molecular flexibility index (Phi) is 6.28. The summed E-state index contributed by atoms with van der Waals surface area (Å²) in [5.41, 5.74) is 1.66. The van der Waals surface area contributed by atoms with Gasteiger partial charge in [-0.3, -0.25) is 9.59 Å². The van der Waals surface area contributed by atoms with Gasteiger partial charge in [0.2, 0.25) is 5.91 Å². The predicted octanol–water partition coefficient (Wildman–Crippen LogP) is 3.98. The van der Waals surface area contributed by atoms with Gasteiger partial charge in [-0.1, -0.05) is 12.1 Å². The quantitative estimate of drug-likeness (QED) is 0.678. The molecule has 0 aromatic heterocycles. The number of nitrogens with zero attached hydrogens (tertiary/aromatic N) is 1. The molecule has 5 heteroatoms. The molecule has 0 unspecified atom stereocenters. The zero-order valence-electron chi connectivity index (χ0n) is 19.6. The van der Waals surface area contributed by atoms with Gasteiger partial charge in [0.25, 0.3) is 5.91 Å². The molecule has 5 aliphatic rings. The van der Waals surface area contributed by atoms with Crippen LogP contribution in [0.25, 0.3) is 0 Å². The average Bonchev–Trinajstić information content (AvgIpc) is 2.78. The summed E-state index contributed by atoms with van der Waals surface area (Å²) in [6.07, 6.45) is 10.9. The molecule has 1 aromatic carbocycles. The van der Waals surface area contributed by atoms with Gasteiger partial charge in [0.15, 0.2) is 0 Å². The minimum atomic E-state index is -0.0949. The summed E-state index contributed by atoms with van der Waals surface area (Å²) in [4.78, 5) is 28.0. The molecule has 174 valence electrons. The lowest BCUT2D eigenvalue weighted by Crippen LogP contribution is -2.53. The molecule has 4 saturated carbocycles. The first-order valence-electron chi connectivity index (χ1n) is 12.8. The van der Waals surface area contributed by atoms with E-state index in [0.29, 0.717) is 12.1 Å². The molecule has 6 rings (SSSR count). The largest absolute Gasteiger partial charge is 0.352 e. The monoisotopic (exact) mass is 437 g/mol. The number of piperidine rings is 1. The molecule has 2 amide bonds. The summed E-state index contributed by atoms with van der Waals surface area (Å²) in [5.74, 6) is 3.35. The summed E-state index contributed by atoms with van der Waals surface area (Å²) < 4.78 is 0. The number of hydrogen-bond acceptors (Lipinski definition) is 3. The van der Waals surface area contributed by atoms with Gasteiger partial charge in [0, 0.05) is 24.1 Å². The third-order valence-electron chi connectivity index (χ3n) is 8.87. The highest BCUT2D eigenvalue weighted by molar-refractivity contribution is 5.94. The topological polar surface area (TPSA) is 61.4 Å². The molecule has 5 fully saturated rings. The van der Waals surface area contributed by atoms with Crippen LogP contribution in [0.2, 0.25) is 0 Å². The van der Waals surface area contributed by atoms with Gasteiger partial charge in [-0.15, -0.1) is 0 Å². The Morgan fingerprint density at radius 1 is 0.938 bits per heavy atom. The van der Waals surface area contributed by atoms with Crippen LogP contribution in [0.5, 0.6) is 0 Å². The van der Waals surface area contributed by atoms with Crippen molar-refractivity contribution in [1.29, 1.82) is 0 Å². The normalized spacial score (nSPS) is 32.1. The van der Waals surface area contributed by atoms with Crippen molar-refractivity contribution < 1.29 is 9.59 Å². The fraction of sp³-hybridized carbons (Fsp3) is 0.704. The van der Waals surface area contributed by atoms with Crippen LogP contribution in [0.1, 0.15) is 73.7 Å². The standard InChI is InChI=1S/C27H39N3O2/c1-30-10-7-19(8-11-30)6-9-28-25(31)24-4-2-20(3-5-24)18-29-26(32)27-15-21-12-22(16-27)14-23(13-21)17-27/h2-5,19,21-23H,6-18H2,1H3,(H,28,31)(H,29,32). The molecule has 0 spiro atoms. The molecule has 0 radical (unpaired) electrons. The predicted molar refractivity (Wildman–Crippen MR) is 126 cm³/mol. The van der Waals surface area contributed by atoms with Crippen molar-refractivity contribution in [3.63, 3.8) is 0 Å². The lowest BCUT2D eigenvalue weighted by Gasteiger charge is -2.55. The zero-order chi connectivity index (χ0) is 22.1. The van der Waals surface area contributed by atoms with E-state index in [2.05, 4.69) is 22.6 Å². The number of benzene rings is 1. The highest BCUT2D eigenvalue weighted by atomic mass is 16.2. The summed E-state index contributed by atoms with van der Waals surface area (Å²) in [6, 6.07) is 7.73. The fourth-order valence-corrected chi connectivity index (χ4v) is 7.38. The first-order valence-corrected chi connectivity index (χ1v) is 12.8. The molecule has 4 bridgehead atoms. The lowest BCUT2D eigenvalue weighted by molar-refractivity contribution is -0.146. The van der Waals surface area contributed by atoms with E-state index >= 15 is 0 Å². The summed E-state index contributed by atoms with van der Waals surface area (Å²) in [6.45, 7) is 3.63. The van der Waals surface area contributed by atoms with Crippen molar-refractivity contribution in [1.82, 2.24) is 15.5 Å². The van der Waals surface area contributed by atoms with E-state index in [1.807, 2.05) is 24.3 Å². The number of carbonyl (C=O) groups excluding carboxylic acids is 2.